The number of amides is 1. The van der Waals surface area contributed by atoms with Crippen LogP contribution in [-0.4, -0.2) is 22.0 Å². The number of carbonyl (C=O) groups excluding carboxylic acids is 1. The van der Waals surface area contributed by atoms with Crippen LogP contribution in [0.1, 0.15) is 45.1 Å². The van der Waals surface area contributed by atoms with Crippen LogP contribution in [0.25, 0.3) is 10.8 Å². The summed E-state index contributed by atoms with van der Waals surface area (Å²) < 4.78 is 0. The van der Waals surface area contributed by atoms with Crippen LogP contribution in [0.15, 0.2) is 48.8 Å². The van der Waals surface area contributed by atoms with Crippen LogP contribution in [0.5, 0.6) is 0 Å². The molecule has 0 saturated heterocycles. The summed E-state index contributed by atoms with van der Waals surface area (Å²) in [7, 11) is 0. The van der Waals surface area contributed by atoms with Crippen LogP contribution in [0, 0.1) is 6.92 Å². The zero-order valence-corrected chi connectivity index (χ0v) is 14.3. The lowest BCUT2D eigenvalue weighted by molar-refractivity contribution is 0.103. The van der Waals surface area contributed by atoms with Gasteiger partial charge in [-0.1, -0.05) is 24.3 Å². The van der Waals surface area contributed by atoms with E-state index in [-0.39, 0.29) is 11.8 Å². The van der Waals surface area contributed by atoms with Gasteiger partial charge in [-0.3, -0.25) is 9.78 Å². The SMILES string of the molecule is Cc1cc2c(cc1C(=O)c1cccc3cnccc13)CCC2NC(=O)O. The van der Waals surface area contributed by atoms with E-state index in [1.807, 2.05) is 43.3 Å². The van der Waals surface area contributed by atoms with Gasteiger partial charge in [0, 0.05) is 28.9 Å². The van der Waals surface area contributed by atoms with Crippen molar-refractivity contribution in [1.29, 1.82) is 0 Å². The minimum atomic E-state index is -1.02. The van der Waals surface area contributed by atoms with E-state index in [0.29, 0.717) is 11.1 Å². The number of hydrogen-bond acceptors (Lipinski definition) is 3. The Balaban J connectivity index is 1.77. The zero-order chi connectivity index (χ0) is 18.3. The third-order valence-corrected chi connectivity index (χ3v) is 5.03. The zero-order valence-electron chi connectivity index (χ0n) is 14.3. The van der Waals surface area contributed by atoms with Gasteiger partial charge in [0.2, 0.25) is 0 Å². The van der Waals surface area contributed by atoms with E-state index < -0.39 is 6.09 Å². The van der Waals surface area contributed by atoms with Gasteiger partial charge in [0.05, 0.1) is 6.04 Å². The van der Waals surface area contributed by atoms with Crippen LogP contribution >= 0.6 is 0 Å². The molecule has 1 heterocycles. The molecule has 0 aliphatic heterocycles. The van der Waals surface area contributed by atoms with Crippen LogP contribution in [0.2, 0.25) is 0 Å². The van der Waals surface area contributed by atoms with Gasteiger partial charge in [0.1, 0.15) is 0 Å². The lowest BCUT2D eigenvalue weighted by Crippen LogP contribution is -2.25. The maximum Gasteiger partial charge on any atom is 0.405 e. The second-order valence-electron chi connectivity index (χ2n) is 6.64. The number of nitrogens with zero attached hydrogens (tertiary/aromatic N) is 1. The van der Waals surface area contributed by atoms with Crippen LogP contribution in [0.4, 0.5) is 4.79 Å². The van der Waals surface area contributed by atoms with Crippen molar-refractivity contribution in [3.8, 4) is 0 Å². The molecule has 2 N–H and O–H groups in total. The number of fused-ring (bicyclic) bond motifs is 2. The minimum absolute atomic E-state index is 0.0169. The minimum Gasteiger partial charge on any atom is -0.465 e. The molecule has 1 amide bonds. The molecule has 5 nitrogen and oxygen atoms in total. The average Bonchev–Trinajstić information content (AvgIpc) is 3.01. The lowest BCUT2D eigenvalue weighted by atomic mass is 9.92. The number of benzene rings is 2. The molecule has 1 aliphatic carbocycles. The molecule has 1 aliphatic rings. The third-order valence-electron chi connectivity index (χ3n) is 5.03. The molecule has 0 fully saturated rings. The number of rotatable bonds is 3. The van der Waals surface area contributed by atoms with E-state index in [1.54, 1.807) is 12.4 Å². The Kier molecular flexibility index (Phi) is 3.92. The lowest BCUT2D eigenvalue weighted by Gasteiger charge is -2.14. The summed E-state index contributed by atoms with van der Waals surface area (Å²) in [6.07, 6.45) is 3.91. The van der Waals surface area contributed by atoms with Gasteiger partial charge in [0.25, 0.3) is 0 Å². The smallest absolute Gasteiger partial charge is 0.405 e. The van der Waals surface area contributed by atoms with Crippen LogP contribution in [-0.2, 0) is 6.42 Å². The van der Waals surface area contributed by atoms with Crippen molar-refractivity contribution in [1.82, 2.24) is 10.3 Å². The van der Waals surface area contributed by atoms with Gasteiger partial charge in [-0.15, -0.1) is 0 Å². The first-order chi connectivity index (χ1) is 12.5. The average molecular weight is 346 g/mol. The summed E-state index contributed by atoms with van der Waals surface area (Å²) in [6, 6.07) is 11.2. The first-order valence-electron chi connectivity index (χ1n) is 8.55. The molecule has 1 aromatic heterocycles. The maximum atomic E-state index is 13.2. The monoisotopic (exact) mass is 346 g/mol. The standard InChI is InChI=1S/C21H18N2O3/c1-12-9-18-13(5-6-19(18)23-21(25)26)10-17(12)20(24)16-4-2-3-14-11-22-8-7-15(14)16/h2-4,7-11,19,23H,5-6H2,1H3,(H,25,26). The topological polar surface area (TPSA) is 79.3 Å². The van der Waals surface area contributed by atoms with Crippen molar-refractivity contribution in [2.45, 2.75) is 25.8 Å². The Morgan fingerprint density at radius 1 is 1.19 bits per heavy atom. The third kappa shape index (κ3) is 2.71. The summed E-state index contributed by atoms with van der Waals surface area (Å²) in [6.45, 7) is 1.90. The van der Waals surface area contributed by atoms with Gasteiger partial charge in [-0.25, -0.2) is 4.79 Å². The molecule has 0 saturated carbocycles. The van der Waals surface area contributed by atoms with Crippen molar-refractivity contribution < 1.29 is 14.7 Å². The molecular weight excluding hydrogens is 328 g/mol. The Morgan fingerprint density at radius 2 is 2.04 bits per heavy atom. The fourth-order valence-electron chi connectivity index (χ4n) is 3.78. The van der Waals surface area contributed by atoms with Crippen LogP contribution < -0.4 is 5.32 Å². The van der Waals surface area contributed by atoms with E-state index in [9.17, 15) is 9.59 Å². The highest BCUT2D eigenvalue weighted by atomic mass is 16.4. The molecule has 4 rings (SSSR count). The van der Waals surface area contributed by atoms with E-state index >= 15 is 0 Å². The predicted octanol–water partition coefficient (Wildman–Crippen LogP) is 4.03. The maximum absolute atomic E-state index is 13.2. The van der Waals surface area contributed by atoms with Gasteiger partial charge in [-0.05, 0) is 54.0 Å². The molecule has 5 heteroatoms. The molecule has 2 aromatic carbocycles. The molecule has 130 valence electrons. The van der Waals surface area contributed by atoms with Crippen LogP contribution in [0.3, 0.4) is 0 Å². The van der Waals surface area contributed by atoms with E-state index in [4.69, 9.17) is 5.11 Å². The first-order valence-corrected chi connectivity index (χ1v) is 8.55. The van der Waals surface area contributed by atoms with Gasteiger partial charge in [-0.2, -0.15) is 0 Å². The van der Waals surface area contributed by atoms with Gasteiger partial charge in [0.15, 0.2) is 5.78 Å². The molecular formula is C21H18N2O3. The number of carbonyl (C=O) groups is 2. The molecule has 1 unspecified atom stereocenters. The largest absolute Gasteiger partial charge is 0.465 e. The van der Waals surface area contributed by atoms with E-state index in [2.05, 4.69) is 10.3 Å². The highest BCUT2D eigenvalue weighted by molar-refractivity contribution is 6.17. The van der Waals surface area contributed by atoms with Crippen molar-refractivity contribution in [2.75, 3.05) is 0 Å². The summed E-state index contributed by atoms with van der Waals surface area (Å²) in [5.74, 6) is -0.0169. The molecule has 0 spiro atoms. The fourth-order valence-corrected chi connectivity index (χ4v) is 3.78. The summed E-state index contributed by atoms with van der Waals surface area (Å²) >= 11 is 0. The number of pyridine rings is 1. The first kappa shape index (κ1) is 16.3. The Hall–Kier alpha value is -3.21. The second kappa shape index (κ2) is 6.26. The molecule has 0 radical (unpaired) electrons. The fraction of sp³-hybridized carbons (Fsp3) is 0.190. The Labute approximate surface area is 150 Å². The van der Waals surface area contributed by atoms with Crippen molar-refractivity contribution in [3.63, 3.8) is 0 Å². The normalized spacial score (nSPS) is 15.7. The second-order valence-corrected chi connectivity index (χ2v) is 6.64. The van der Waals surface area contributed by atoms with Crippen molar-refractivity contribution >= 4 is 22.6 Å². The Bertz CT molecular complexity index is 1040. The number of hydrogen-bond donors (Lipinski definition) is 2. The van der Waals surface area contributed by atoms with Crippen molar-refractivity contribution in [2.24, 2.45) is 0 Å². The van der Waals surface area contributed by atoms with Gasteiger partial charge >= 0.3 is 6.09 Å². The molecule has 26 heavy (non-hydrogen) atoms. The number of carboxylic acid groups (broad SMARTS) is 1. The molecule has 0 bridgehead atoms. The summed E-state index contributed by atoms with van der Waals surface area (Å²) in [5, 5.41) is 13.4. The summed E-state index contributed by atoms with van der Waals surface area (Å²) in [4.78, 5) is 28.3. The quantitative estimate of drug-likeness (QED) is 0.702. The highest BCUT2D eigenvalue weighted by Gasteiger charge is 2.26. The summed E-state index contributed by atoms with van der Waals surface area (Å²) in [5.41, 5.74) is 4.21. The molecule has 1 atom stereocenters. The predicted molar refractivity (Wildman–Crippen MR) is 98.6 cm³/mol. The van der Waals surface area contributed by atoms with Crippen molar-refractivity contribution in [3.05, 3.63) is 76.6 Å². The number of aromatic nitrogens is 1. The highest BCUT2D eigenvalue weighted by Crippen LogP contribution is 2.34. The van der Waals surface area contributed by atoms with E-state index in [0.717, 1.165) is 40.3 Å². The van der Waals surface area contributed by atoms with E-state index in [1.165, 1.54) is 0 Å². The Morgan fingerprint density at radius 3 is 2.85 bits per heavy atom. The number of aryl methyl sites for hydroxylation is 2. The molecule has 3 aromatic rings. The number of ketones is 1. The van der Waals surface area contributed by atoms with Gasteiger partial charge < -0.3 is 10.4 Å². The number of nitrogens with one attached hydrogen (secondary N) is 1.